The largest absolute Gasteiger partial charge is 0.492 e. The standard InChI is InChI=1S/C12H13F5N2O3/c1-22-8-7(10(20)21)19(18-9(8)12(15,16)17)5-6-2-3-11(13,14)4-6/h6H,2-5H2,1H3,(H,20,21). The zero-order chi connectivity index (χ0) is 16.7. The smallest absolute Gasteiger partial charge is 0.438 e. The van der Waals surface area contributed by atoms with E-state index < -0.39 is 47.5 Å². The monoisotopic (exact) mass is 328 g/mol. The average Bonchev–Trinajstić information content (AvgIpc) is 2.89. The van der Waals surface area contributed by atoms with Crippen molar-refractivity contribution in [3.05, 3.63) is 11.4 Å². The van der Waals surface area contributed by atoms with E-state index in [1.807, 2.05) is 0 Å². The molecule has 1 aromatic heterocycles. The number of alkyl halides is 5. The number of halogens is 5. The van der Waals surface area contributed by atoms with Gasteiger partial charge in [-0.15, -0.1) is 0 Å². The van der Waals surface area contributed by atoms with Crippen LogP contribution in [0.5, 0.6) is 5.75 Å². The van der Waals surface area contributed by atoms with Crippen LogP contribution < -0.4 is 4.74 Å². The molecule has 1 N–H and O–H groups in total. The molecule has 2 rings (SSSR count). The van der Waals surface area contributed by atoms with E-state index in [1.54, 1.807) is 0 Å². The minimum absolute atomic E-state index is 0.0928. The lowest BCUT2D eigenvalue weighted by molar-refractivity contribution is -0.142. The molecule has 1 unspecified atom stereocenters. The van der Waals surface area contributed by atoms with Gasteiger partial charge in [0.05, 0.1) is 7.11 Å². The predicted octanol–water partition coefficient (Wildman–Crippen LogP) is 3.04. The Bertz CT molecular complexity index is 582. The van der Waals surface area contributed by atoms with Gasteiger partial charge in [0.2, 0.25) is 11.6 Å². The van der Waals surface area contributed by atoms with E-state index in [9.17, 15) is 26.7 Å². The van der Waals surface area contributed by atoms with Gasteiger partial charge >= 0.3 is 12.1 Å². The van der Waals surface area contributed by atoms with Crippen LogP contribution in [0.3, 0.4) is 0 Å². The summed E-state index contributed by atoms with van der Waals surface area (Å²) in [7, 11) is 0.896. The molecule has 0 aromatic carbocycles. The third-order valence-corrected chi connectivity index (χ3v) is 3.52. The second kappa shape index (κ2) is 5.40. The van der Waals surface area contributed by atoms with Gasteiger partial charge in [-0.1, -0.05) is 0 Å². The van der Waals surface area contributed by atoms with Gasteiger partial charge in [-0.05, 0) is 12.3 Å². The van der Waals surface area contributed by atoms with Crippen molar-refractivity contribution in [1.29, 1.82) is 0 Å². The second-order valence-corrected chi connectivity index (χ2v) is 5.18. The molecule has 0 spiro atoms. The summed E-state index contributed by atoms with van der Waals surface area (Å²) in [6.45, 7) is -0.330. The summed E-state index contributed by atoms with van der Waals surface area (Å²) >= 11 is 0. The zero-order valence-electron chi connectivity index (χ0n) is 11.5. The first-order chi connectivity index (χ1) is 10.0. The molecule has 1 aliphatic carbocycles. The minimum atomic E-state index is -4.90. The van der Waals surface area contributed by atoms with Gasteiger partial charge < -0.3 is 9.84 Å². The van der Waals surface area contributed by atoms with Gasteiger partial charge in [0.15, 0.2) is 11.4 Å². The Morgan fingerprint density at radius 3 is 2.55 bits per heavy atom. The molecule has 1 aromatic rings. The van der Waals surface area contributed by atoms with Crippen molar-refractivity contribution in [3.63, 3.8) is 0 Å². The normalized spacial score (nSPS) is 21.1. The van der Waals surface area contributed by atoms with Gasteiger partial charge in [0.25, 0.3) is 0 Å². The molecule has 0 bridgehead atoms. The molecule has 124 valence electrons. The van der Waals surface area contributed by atoms with E-state index in [0.717, 1.165) is 7.11 Å². The topological polar surface area (TPSA) is 64.4 Å². The number of carboxylic acids is 1. The quantitative estimate of drug-likeness (QED) is 0.863. The van der Waals surface area contributed by atoms with E-state index in [-0.39, 0.29) is 19.4 Å². The maximum Gasteiger partial charge on any atom is 0.438 e. The highest BCUT2D eigenvalue weighted by atomic mass is 19.4. The molecule has 1 saturated carbocycles. The van der Waals surface area contributed by atoms with Crippen LogP contribution in [-0.2, 0) is 12.7 Å². The van der Waals surface area contributed by atoms with Crippen molar-refractivity contribution in [2.24, 2.45) is 5.92 Å². The number of ether oxygens (including phenoxy) is 1. The maximum atomic E-state index is 13.1. The van der Waals surface area contributed by atoms with Crippen molar-refractivity contribution < 1.29 is 36.6 Å². The summed E-state index contributed by atoms with van der Waals surface area (Å²) < 4.78 is 70.0. The summed E-state index contributed by atoms with van der Waals surface area (Å²) in [6.07, 6.45) is -5.68. The molecule has 1 fully saturated rings. The van der Waals surface area contributed by atoms with Crippen molar-refractivity contribution in [2.45, 2.75) is 37.9 Å². The Morgan fingerprint density at radius 2 is 2.14 bits per heavy atom. The third kappa shape index (κ3) is 3.14. The molecule has 0 aliphatic heterocycles. The van der Waals surface area contributed by atoms with Crippen molar-refractivity contribution in [1.82, 2.24) is 9.78 Å². The van der Waals surface area contributed by atoms with Gasteiger partial charge in [0, 0.05) is 19.4 Å². The van der Waals surface area contributed by atoms with Crippen LogP contribution in [0.1, 0.15) is 35.4 Å². The SMILES string of the molecule is COc1c(C(F)(F)F)nn(CC2CCC(F)(F)C2)c1C(=O)O. The zero-order valence-corrected chi connectivity index (χ0v) is 11.5. The highest BCUT2D eigenvalue weighted by Gasteiger charge is 2.44. The van der Waals surface area contributed by atoms with Gasteiger partial charge in [-0.25, -0.2) is 13.6 Å². The van der Waals surface area contributed by atoms with E-state index in [2.05, 4.69) is 9.84 Å². The first-order valence-corrected chi connectivity index (χ1v) is 6.38. The maximum absolute atomic E-state index is 13.1. The highest BCUT2D eigenvalue weighted by Crippen LogP contribution is 2.41. The number of rotatable bonds is 4. The number of carboxylic acid groups (broad SMARTS) is 1. The lowest BCUT2D eigenvalue weighted by Gasteiger charge is -2.12. The molecule has 0 saturated heterocycles. The van der Waals surface area contributed by atoms with Crippen LogP contribution in [0.4, 0.5) is 22.0 Å². The van der Waals surface area contributed by atoms with E-state index >= 15 is 0 Å². The highest BCUT2D eigenvalue weighted by molar-refractivity contribution is 5.89. The molecule has 1 atom stereocenters. The Morgan fingerprint density at radius 1 is 1.50 bits per heavy atom. The number of aromatic nitrogens is 2. The van der Waals surface area contributed by atoms with Crippen LogP contribution in [0.2, 0.25) is 0 Å². The summed E-state index contributed by atoms with van der Waals surface area (Å²) in [6, 6.07) is 0. The summed E-state index contributed by atoms with van der Waals surface area (Å²) in [4.78, 5) is 11.2. The molecule has 22 heavy (non-hydrogen) atoms. The molecule has 0 amide bonds. The Kier molecular flexibility index (Phi) is 4.05. The Hall–Kier alpha value is -1.87. The molecule has 1 heterocycles. The van der Waals surface area contributed by atoms with Crippen molar-refractivity contribution in [3.8, 4) is 5.75 Å². The summed E-state index contributed by atoms with van der Waals surface area (Å²) in [5.41, 5.74) is -2.26. The fraction of sp³-hybridized carbons (Fsp3) is 0.667. The van der Waals surface area contributed by atoms with Crippen LogP contribution in [0, 0.1) is 5.92 Å². The van der Waals surface area contributed by atoms with Crippen molar-refractivity contribution in [2.75, 3.05) is 7.11 Å². The number of methoxy groups -OCH3 is 1. The average molecular weight is 328 g/mol. The van der Waals surface area contributed by atoms with Gasteiger partial charge in [-0.3, -0.25) is 4.68 Å². The van der Waals surface area contributed by atoms with Crippen LogP contribution in [0.15, 0.2) is 0 Å². The molecular formula is C12H13F5N2O3. The first kappa shape index (κ1) is 16.5. The van der Waals surface area contributed by atoms with Crippen molar-refractivity contribution >= 4 is 5.97 Å². The molecular weight excluding hydrogens is 315 g/mol. The Balaban J connectivity index is 2.38. The van der Waals surface area contributed by atoms with E-state index in [4.69, 9.17) is 5.11 Å². The number of carbonyl (C=O) groups is 1. The minimum Gasteiger partial charge on any atom is -0.492 e. The first-order valence-electron chi connectivity index (χ1n) is 6.38. The van der Waals surface area contributed by atoms with Gasteiger partial charge in [0.1, 0.15) is 0 Å². The van der Waals surface area contributed by atoms with Gasteiger partial charge in [-0.2, -0.15) is 18.3 Å². The number of hydrogen-bond donors (Lipinski definition) is 1. The number of nitrogens with zero attached hydrogens (tertiary/aromatic N) is 2. The fourth-order valence-corrected chi connectivity index (χ4v) is 2.61. The third-order valence-electron chi connectivity index (χ3n) is 3.52. The Labute approximate surface area is 121 Å². The lowest BCUT2D eigenvalue weighted by Crippen LogP contribution is -2.17. The van der Waals surface area contributed by atoms with Crippen LogP contribution >= 0.6 is 0 Å². The van der Waals surface area contributed by atoms with E-state index in [0.29, 0.717) is 4.68 Å². The summed E-state index contributed by atoms with van der Waals surface area (Å²) in [5.74, 6) is -6.09. The fourth-order valence-electron chi connectivity index (χ4n) is 2.61. The molecule has 0 radical (unpaired) electrons. The summed E-state index contributed by atoms with van der Waals surface area (Å²) in [5, 5.41) is 12.3. The number of aromatic carboxylic acids is 1. The van der Waals surface area contributed by atoms with Crippen LogP contribution in [0.25, 0.3) is 0 Å². The lowest BCUT2D eigenvalue weighted by atomic mass is 10.1. The number of hydrogen-bond acceptors (Lipinski definition) is 3. The molecule has 1 aliphatic rings. The molecule has 5 nitrogen and oxygen atoms in total. The van der Waals surface area contributed by atoms with Crippen LogP contribution in [-0.4, -0.2) is 33.9 Å². The molecule has 10 heteroatoms. The second-order valence-electron chi connectivity index (χ2n) is 5.18. The van der Waals surface area contributed by atoms with E-state index in [1.165, 1.54) is 0 Å². The predicted molar refractivity (Wildman–Crippen MR) is 63.0 cm³/mol.